The Labute approximate surface area is 84.8 Å². The Kier molecular flexibility index (Phi) is 29.4. The lowest BCUT2D eigenvalue weighted by molar-refractivity contribution is 0.137. The molecule has 0 bridgehead atoms. The molecule has 0 aliphatic carbocycles. The molecule has 0 spiro atoms. The molecule has 0 amide bonds. The summed E-state index contributed by atoms with van der Waals surface area (Å²) in [7, 11) is 0. The van der Waals surface area contributed by atoms with Gasteiger partial charge in [0.2, 0.25) is 0 Å². The third kappa shape index (κ3) is 155. The van der Waals surface area contributed by atoms with Crippen molar-refractivity contribution in [2.24, 2.45) is 0 Å². The van der Waals surface area contributed by atoms with Crippen LogP contribution in [-0.2, 0) is 4.74 Å². The van der Waals surface area contributed by atoms with E-state index in [9.17, 15) is 0 Å². The first-order valence-electron chi connectivity index (χ1n) is 3.85. The fourth-order valence-corrected chi connectivity index (χ4v) is 0.235. The summed E-state index contributed by atoms with van der Waals surface area (Å²) in [5, 5.41) is 13.9. The normalized spacial score (nSPS) is 6.64. The van der Waals surface area contributed by atoms with E-state index in [0.29, 0.717) is 13.2 Å². The minimum absolute atomic E-state index is 0.617. The Morgan fingerprint density at radius 2 is 1.43 bits per heavy atom. The van der Waals surface area contributed by atoms with E-state index in [0.717, 1.165) is 0 Å². The molecule has 14 heavy (non-hydrogen) atoms. The Balaban J connectivity index is -0.000000147. The van der Waals surface area contributed by atoms with Gasteiger partial charge in [0.25, 0.3) is 0 Å². The van der Waals surface area contributed by atoms with Gasteiger partial charge in [0, 0.05) is 0 Å². The maximum atomic E-state index is 8.56. The molecule has 0 aliphatic rings. The van der Waals surface area contributed by atoms with Crippen molar-refractivity contribution in [3.63, 3.8) is 0 Å². The predicted octanol–water partition coefficient (Wildman–Crippen LogP) is 2.79. The van der Waals surface area contributed by atoms with Gasteiger partial charge in [-0.05, 0) is 6.92 Å². The Bertz CT molecular complexity index is 140. The van der Waals surface area contributed by atoms with E-state index in [1.165, 1.54) is 0 Å². The number of rotatable bonds is 4. The molecule has 0 atom stereocenters. The van der Waals surface area contributed by atoms with Crippen LogP contribution in [0.2, 0.25) is 0 Å². The molecule has 0 aliphatic heterocycles. The van der Waals surface area contributed by atoms with Gasteiger partial charge in [-0.15, -0.1) is 19.7 Å². The molecule has 0 unspecified atom stereocenters. The molecule has 0 heterocycles. The van der Waals surface area contributed by atoms with E-state index in [2.05, 4.69) is 19.7 Å². The highest BCUT2D eigenvalue weighted by molar-refractivity contribution is 5.53. The van der Waals surface area contributed by atoms with Gasteiger partial charge in [0.1, 0.15) is 0 Å². The van der Waals surface area contributed by atoms with Gasteiger partial charge in [-0.1, -0.05) is 18.2 Å². The highest BCUT2D eigenvalue weighted by Gasteiger charge is 1.71. The smallest absolute Gasteiger partial charge is 0.450 e. The van der Waals surface area contributed by atoms with Crippen LogP contribution in [0.4, 0.5) is 4.79 Å². The van der Waals surface area contributed by atoms with Crippen LogP contribution in [0.3, 0.4) is 0 Å². The third-order valence-corrected chi connectivity index (χ3v) is 0.471. The van der Waals surface area contributed by atoms with Crippen molar-refractivity contribution in [2.45, 2.75) is 6.92 Å². The Hall–Kier alpha value is -1.55. The van der Waals surface area contributed by atoms with E-state index in [1.54, 1.807) is 18.2 Å². The van der Waals surface area contributed by atoms with Crippen molar-refractivity contribution >= 4 is 6.16 Å². The zero-order chi connectivity index (χ0) is 11.8. The molecule has 0 fully saturated rings. The molecule has 0 aromatic carbocycles. The second kappa shape index (κ2) is 22.5. The molecule has 4 heteroatoms. The first-order chi connectivity index (χ1) is 6.56. The zero-order valence-electron chi connectivity index (χ0n) is 8.48. The lowest BCUT2D eigenvalue weighted by Gasteiger charge is -1.89. The minimum atomic E-state index is -1.83. The summed E-state index contributed by atoms with van der Waals surface area (Å²) < 4.78 is 4.90. The van der Waals surface area contributed by atoms with Crippen molar-refractivity contribution in [3.8, 4) is 0 Å². The van der Waals surface area contributed by atoms with Crippen LogP contribution in [0.5, 0.6) is 0 Å². The molecule has 0 saturated heterocycles. The van der Waals surface area contributed by atoms with Gasteiger partial charge >= 0.3 is 6.16 Å². The van der Waals surface area contributed by atoms with Gasteiger partial charge in [-0.25, -0.2) is 4.79 Å². The maximum absolute atomic E-state index is 8.56. The van der Waals surface area contributed by atoms with Crippen molar-refractivity contribution in [1.29, 1.82) is 0 Å². The minimum Gasteiger partial charge on any atom is -0.450 e. The predicted molar refractivity (Wildman–Crippen MR) is 57.7 cm³/mol. The fraction of sp³-hybridized carbons (Fsp3) is 0.300. The van der Waals surface area contributed by atoms with E-state index in [4.69, 9.17) is 19.7 Å². The summed E-state index contributed by atoms with van der Waals surface area (Å²) in [6.07, 6.45) is 3.34. The second-order valence-corrected chi connectivity index (χ2v) is 1.81. The fourth-order valence-electron chi connectivity index (χ4n) is 0.235. The molecular formula is C10H18O4. The molecule has 0 saturated carbocycles. The van der Waals surface area contributed by atoms with Gasteiger partial charge in [-0.3, -0.25) is 0 Å². The molecule has 0 radical (unpaired) electrons. The number of hydrogen-bond acceptors (Lipinski definition) is 2. The number of ether oxygens (including phenoxy) is 1. The topological polar surface area (TPSA) is 66.8 Å². The van der Waals surface area contributed by atoms with Crippen LogP contribution >= 0.6 is 0 Å². The van der Waals surface area contributed by atoms with E-state index in [-0.39, 0.29) is 0 Å². The summed E-state index contributed by atoms with van der Waals surface area (Å²) >= 11 is 0. The van der Waals surface area contributed by atoms with Crippen molar-refractivity contribution in [1.82, 2.24) is 0 Å². The van der Waals surface area contributed by atoms with Crippen LogP contribution in [-0.4, -0.2) is 29.6 Å². The van der Waals surface area contributed by atoms with Gasteiger partial charge in [0.15, 0.2) is 0 Å². The average Bonchev–Trinajstić information content (AvgIpc) is 2.06. The number of carboxylic acid groups (broad SMARTS) is 2. The molecule has 2 N–H and O–H groups in total. The molecule has 0 aromatic heterocycles. The lowest BCUT2D eigenvalue weighted by Crippen LogP contribution is -1.87. The quantitative estimate of drug-likeness (QED) is 0.543. The van der Waals surface area contributed by atoms with Crippen molar-refractivity contribution in [2.75, 3.05) is 13.2 Å². The highest BCUT2D eigenvalue weighted by atomic mass is 16.6. The maximum Gasteiger partial charge on any atom is 0.503 e. The SMILES string of the molecule is C=CC.C=CCOCC=C.O=C(O)O. The molecule has 0 aromatic rings. The summed E-state index contributed by atoms with van der Waals surface area (Å²) in [6.45, 7) is 13.4. The number of carbonyl (C=O) groups is 1. The van der Waals surface area contributed by atoms with Crippen LogP contribution < -0.4 is 0 Å². The molecule has 82 valence electrons. The summed E-state index contributed by atoms with van der Waals surface area (Å²) in [6, 6.07) is 0. The van der Waals surface area contributed by atoms with Crippen LogP contribution in [0, 0.1) is 0 Å². The largest absolute Gasteiger partial charge is 0.503 e. The van der Waals surface area contributed by atoms with E-state index < -0.39 is 6.16 Å². The number of allylic oxidation sites excluding steroid dienone is 1. The molecule has 4 nitrogen and oxygen atoms in total. The van der Waals surface area contributed by atoms with Crippen LogP contribution in [0.15, 0.2) is 38.0 Å². The highest BCUT2D eigenvalue weighted by Crippen LogP contribution is 1.72. The molecule has 0 rings (SSSR count). The summed E-state index contributed by atoms with van der Waals surface area (Å²) in [5.74, 6) is 0. The van der Waals surface area contributed by atoms with Gasteiger partial charge < -0.3 is 14.9 Å². The van der Waals surface area contributed by atoms with E-state index >= 15 is 0 Å². The average molecular weight is 202 g/mol. The van der Waals surface area contributed by atoms with E-state index in [1.807, 2.05) is 6.92 Å². The first-order valence-corrected chi connectivity index (χ1v) is 3.85. The van der Waals surface area contributed by atoms with Gasteiger partial charge in [0.05, 0.1) is 13.2 Å². The first kappa shape index (κ1) is 18.3. The second-order valence-electron chi connectivity index (χ2n) is 1.81. The zero-order valence-corrected chi connectivity index (χ0v) is 8.48. The standard InChI is InChI=1S/C6H10O.C3H6.CH2O3/c1-3-5-7-6-4-2;1-3-2;2-1(3)4/h3-4H,1-2,5-6H2;3H,1H2,2H3;(H2,2,3,4). The number of hydrogen-bond donors (Lipinski definition) is 2. The monoisotopic (exact) mass is 202 g/mol. The van der Waals surface area contributed by atoms with Gasteiger partial charge in [-0.2, -0.15) is 0 Å². The molecular weight excluding hydrogens is 184 g/mol. The van der Waals surface area contributed by atoms with Crippen LogP contribution in [0.1, 0.15) is 6.92 Å². The summed E-state index contributed by atoms with van der Waals surface area (Å²) in [4.78, 5) is 8.56. The van der Waals surface area contributed by atoms with Crippen LogP contribution in [0.25, 0.3) is 0 Å². The third-order valence-electron chi connectivity index (χ3n) is 0.471. The van der Waals surface area contributed by atoms with Crippen molar-refractivity contribution < 1.29 is 19.7 Å². The lowest BCUT2D eigenvalue weighted by atomic mass is 10.6. The Morgan fingerprint density at radius 3 is 1.57 bits per heavy atom. The summed E-state index contributed by atoms with van der Waals surface area (Å²) in [5.41, 5.74) is 0. The van der Waals surface area contributed by atoms with Crippen molar-refractivity contribution in [3.05, 3.63) is 38.0 Å². The Morgan fingerprint density at radius 1 is 1.21 bits per heavy atom.